The second-order valence-electron chi connectivity index (χ2n) is 5.24. The number of hydrogen-bond acceptors (Lipinski definition) is 4. The minimum Gasteiger partial charge on any atom is -0.493 e. The first-order valence-corrected chi connectivity index (χ1v) is 7.38. The van der Waals surface area contributed by atoms with Gasteiger partial charge in [0.15, 0.2) is 11.5 Å². The standard InChI is InChI=1S/C16H23NO4/c1-19-14-9-7-12(11-15(14)20-2)8-10-16(18)17-21-13-5-3-4-6-13/h7,9,11,13H,3-6,8,10H2,1-2H3,(H,17,18). The van der Waals surface area contributed by atoms with Crippen molar-refractivity contribution in [3.63, 3.8) is 0 Å². The van der Waals surface area contributed by atoms with Crippen molar-refractivity contribution in [2.24, 2.45) is 0 Å². The van der Waals surface area contributed by atoms with E-state index >= 15 is 0 Å². The molecule has 0 aliphatic heterocycles. The summed E-state index contributed by atoms with van der Waals surface area (Å²) in [6, 6.07) is 5.68. The number of amides is 1. The van der Waals surface area contributed by atoms with Gasteiger partial charge in [0.1, 0.15) is 0 Å². The number of carbonyl (C=O) groups excluding carboxylic acids is 1. The van der Waals surface area contributed by atoms with Gasteiger partial charge in [0.2, 0.25) is 5.91 Å². The van der Waals surface area contributed by atoms with Crippen molar-refractivity contribution >= 4 is 5.91 Å². The van der Waals surface area contributed by atoms with Gasteiger partial charge in [-0.05, 0) is 37.0 Å². The minimum absolute atomic E-state index is 0.0864. The van der Waals surface area contributed by atoms with Crippen molar-refractivity contribution in [3.8, 4) is 11.5 Å². The van der Waals surface area contributed by atoms with Gasteiger partial charge < -0.3 is 9.47 Å². The van der Waals surface area contributed by atoms with Gasteiger partial charge in [0, 0.05) is 6.42 Å². The molecule has 5 heteroatoms. The van der Waals surface area contributed by atoms with Gasteiger partial charge in [0.25, 0.3) is 0 Å². The second kappa shape index (κ2) is 7.88. The number of methoxy groups -OCH3 is 2. The zero-order valence-corrected chi connectivity index (χ0v) is 12.7. The molecule has 0 heterocycles. The molecule has 0 bridgehead atoms. The maximum absolute atomic E-state index is 11.8. The van der Waals surface area contributed by atoms with Crippen LogP contribution in [-0.2, 0) is 16.1 Å². The molecule has 1 saturated carbocycles. The van der Waals surface area contributed by atoms with Gasteiger partial charge in [-0.25, -0.2) is 5.48 Å². The van der Waals surface area contributed by atoms with E-state index in [2.05, 4.69) is 5.48 Å². The third-order valence-electron chi connectivity index (χ3n) is 3.73. The molecular formula is C16H23NO4. The molecule has 5 nitrogen and oxygen atoms in total. The molecule has 1 aromatic rings. The summed E-state index contributed by atoms with van der Waals surface area (Å²) in [4.78, 5) is 17.1. The normalized spacial score (nSPS) is 15.0. The number of ether oxygens (including phenoxy) is 2. The van der Waals surface area contributed by atoms with Crippen LogP contribution in [-0.4, -0.2) is 26.2 Å². The summed E-state index contributed by atoms with van der Waals surface area (Å²) in [5.41, 5.74) is 3.58. The molecular weight excluding hydrogens is 270 g/mol. The van der Waals surface area contributed by atoms with Gasteiger partial charge in [-0.15, -0.1) is 0 Å². The molecule has 0 saturated heterocycles. The van der Waals surface area contributed by atoms with Crippen LogP contribution in [0.3, 0.4) is 0 Å². The summed E-state index contributed by atoms with van der Waals surface area (Å²) in [6.07, 6.45) is 5.67. The van der Waals surface area contributed by atoms with Gasteiger partial charge in [-0.1, -0.05) is 18.9 Å². The number of nitrogens with one attached hydrogen (secondary N) is 1. The van der Waals surface area contributed by atoms with Crippen LogP contribution in [0.25, 0.3) is 0 Å². The summed E-state index contributed by atoms with van der Waals surface area (Å²) < 4.78 is 10.4. The highest BCUT2D eigenvalue weighted by Gasteiger charge is 2.16. The maximum Gasteiger partial charge on any atom is 0.243 e. The fraction of sp³-hybridized carbons (Fsp3) is 0.562. The fourth-order valence-electron chi connectivity index (χ4n) is 2.50. The Bertz CT molecular complexity index is 469. The molecule has 1 amide bonds. The van der Waals surface area contributed by atoms with Crippen LogP contribution in [0.4, 0.5) is 0 Å². The van der Waals surface area contributed by atoms with Crippen LogP contribution in [0.2, 0.25) is 0 Å². The fourth-order valence-corrected chi connectivity index (χ4v) is 2.50. The smallest absolute Gasteiger partial charge is 0.243 e. The number of hydrogen-bond donors (Lipinski definition) is 1. The lowest BCUT2D eigenvalue weighted by Gasteiger charge is -2.12. The lowest BCUT2D eigenvalue weighted by molar-refractivity contribution is -0.138. The van der Waals surface area contributed by atoms with Crippen LogP contribution < -0.4 is 15.0 Å². The molecule has 0 spiro atoms. The summed E-state index contributed by atoms with van der Waals surface area (Å²) in [5, 5.41) is 0. The molecule has 1 aliphatic rings. The Morgan fingerprint density at radius 2 is 1.90 bits per heavy atom. The van der Waals surface area contributed by atoms with Crippen molar-refractivity contribution in [1.29, 1.82) is 0 Å². The van der Waals surface area contributed by atoms with Gasteiger partial charge >= 0.3 is 0 Å². The lowest BCUT2D eigenvalue weighted by atomic mass is 10.1. The highest BCUT2D eigenvalue weighted by Crippen LogP contribution is 2.28. The first-order valence-electron chi connectivity index (χ1n) is 7.38. The van der Waals surface area contributed by atoms with E-state index in [-0.39, 0.29) is 12.0 Å². The first kappa shape index (κ1) is 15.6. The Morgan fingerprint density at radius 3 is 2.57 bits per heavy atom. The predicted octanol–water partition coefficient (Wildman–Crippen LogP) is 2.63. The van der Waals surface area contributed by atoms with Crippen molar-refractivity contribution in [2.75, 3.05) is 14.2 Å². The van der Waals surface area contributed by atoms with Crippen molar-refractivity contribution in [2.45, 2.75) is 44.6 Å². The average molecular weight is 293 g/mol. The van der Waals surface area contributed by atoms with Crippen molar-refractivity contribution < 1.29 is 19.1 Å². The summed E-state index contributed by atoms with van der Waals surface area (Å²) in [6.45, 7) is 0. The number of aryl methyl sites for hydroxylation is 1. The molecule has 21 heavy (non-hydrogen) atoms. The lowest BCUT2D eigenvalue weighted by Crippen LogP contribution is -2.28. The van der Waals surface area contributed by atoms with E-state index < -0.39 is 0 Å². The molecule has 1 aliphatic carbocycles. The summed E-state index contributed by atoms with van der Waals surface area (Å²) in [7, 11) is 3.20. The van der Waals surface area contributed by atoms with E-state index in [1.54, 1.807) is 14.2 Å². The molecule has 0 atom stereocenters. The van der Waals surface area contributed by atoms with E-state index in [0.717, 1.165) is 18.4 Å². The van der Waals surface area contributed by atoms with Gasteiger partial charge in [-0.2, -0.15) is 0 Å². The van der Waals surface area contributed by atoms with Crippen molar-refractivity contribution in [3.05, 3.63) is 23.8 Å². The largest absolute Gasteiger partial charge is 0.493 e. The Labute approximate surface area is 125 Å². The van der Waals surface area contributed by atoms with E-state index in [4.69, 9.17) is 14.3 Å². The third-order valence-corrected chi connectivity index (χ3v) is 3.73. The molecule has 2 rings (SSSR count). The topological polar surface area (TPSA) is 56.8 Å². The van der Waals surface area contributed by atoms with Crippen LogP contribution in [0.15, 0.2) is 18.2 Å². The van der Waals surface area contributed by atoms with E-state index in [0.29, 0.717) is 24.3 Å². The molecule has 0 unspecified atom stereocenters. The second-order valence-corrected chi connectivity index (χ2v) is 5.24. The van der Waals surface area contributed by atoms with E-state index in [1.165, 1.54) is 12.8 Å². The Kier molecular flexibility index (Phi) is 5.87. The zero-order valence-electron chi connectivity index (χ0n) is 12.7. The van der Waals surface area contributed by atoms with Crippen LogP contribution in [0, 0.1) is 0 Å². The minimum atomic E-state index is -0.0864. The van der Waals surface area contributed by atoms with Crippen LogP contribution in [0.5, 0.6) is 11.5 Å². The van der Waals surface area contributed by atoms with Crippen molar-refractivity contribution in [1.82, 2.24) is 5.48 Å². The number of rotatable bonds is 7. The third kappa shape index (κ3) is 4.63. The SMILES string of the molecule is COc1ccc(CCC(=O)NOC2CCCC2)cc1OC. The quantitative estimate of drug-likeness (QED) is 0.785. The molecule has 1 fully saturated rings. The molecule has 1 N–H and O–H groups in total. The predicted molar refractivity (Wildman–Crippen MR) is 79.4 cm³/mol. The Hall–Kier alpha value is -1.75. The maximum atomic E-state index is 11.8. The molecule has 0 radical (unpaired) electrons. The number of benzene rings is 1. The van der Waals surface area contributed by atoms with Crippen LogP contribution in [0.1, 0.15) is 37.7 Å². The number of carbonyl (C=O) groups is 1. The molecule has 116 valence electrons. The highest BCUT2D eigenvalue weighted by atomic mass is 16.7. The summed E-state index contributed by atoms with van der Waals surface area (Å²) >= 11 is 0. The molecule has 1 aromatic carbocycles. The van der Waals surface area contributed by atoms with Gasteiger partial charge in [-0.3, -0.25) is 9.63 Å². The first-order chi connectivity index (χ1) is 10.2. The Balaban J connectivity index is 1.77. The molecule has 0 aromatic heterocycles. The van der Waals surface area contributed by atoms with Crippen LogP contribution >= 0.6 is 0 Å². The Morgan fingerprint density at radius 1 is 1.19 bits per heavy atom. The highest BCUT2D eigenvalue weighted by molar-refractivity contribution is 5.75. The number of hydroxylamine groups is 1. The summed E-state index contributed by atoms with van der Waals surface area (Å²) in [5.74, 6) is 1.28. The van der Waals surface area contributed by atoms with Gasteiger partial charge in [0.05, 0.1) is 20.3 Å². The monoisotopic (exact) mass is 293 g/mol. The average Bonchev–Trinajstić information content (AvgIpc) is 3.04. The van der Waals surface area contributed by atoms with E-state index in [1.807, 2.05) is 18.2 Å². The zero-order chi connectivity index (χ0) is 15.1. The van der Waals surface area contributed by atoms with E-state index in [9.17, 15) is 4.79 Å².